The topological polar surface area (TPSA) is 39.2 Å². The van der Waals surface area contributed by atoms with Gasteiger partial charge < -0.3 is 19.0 Å². The SMILES string of the molecule is Brc1ccccc1.c1ccc(-n2c3ccccc3c3cc4c(cc32)-c2ccccc2-c2ccccc2O4)cc1.c1ccc2c(c1)Oc1cc3c(cc1-c1ccccc1-2)[nH]c1ccccc13. The molecule has 14 rings (SSSR count). The van der Waals surface area contributed by atoms with Gasteiger partial charge in [-0.1, -0.05) is 174 Å². The van der Waals surface area contributed by atoms with E-state index in [0.717, 1.165) is 66.4 Å². The Labute approximate surface area is 384 Å². The van der Waals surface area contributed by atoms with Crippen LogP contribution in [0.1, 0.15) is 0 Å². The zero-order valence-electron chi connectivity index (χ0n) is 35.1. The van der Waals surface area contributed by atoms with Crippen molar-refractivity contribution in [1.82, 2.24) is 9.55 Å². The van der Waals surface area contributed by atoms with Crippen LogP contribution >= 0.6 is 15.9 Å². The summed E-state index contributed by atoms with van der Waals surface area (Å²) in [6, 6.07) is 80.1. The molecule has 0 fully saturated rings. The van der Waals surface area contributed by atoms with Crippen molar-refractivity contribution >= 4 is 59.5 Å². The molecule has 2 aliphatic rings. The molecular formula is C60H39BrN2O2. The van der Waals surface area contributed by atoms with E-state index in [1.54, 1.807) is 0 Å². The summed E-state index contributed by atoms with van der Waals surface area (Å²) >= 11 is 3.31. The van der Waals surface area contributed by atoms with Crippen LogP contribution in [0.15, 0.2) is 235 Å². The Morgan fingerprint density at radius 1 is 0.308 bits per heavy atom. The Kier molecular flexibility index (Phi) is 9.62. The number of hydrogen-bond acceptors (Lipinski definition) is 2. The second-order valence-electron chi connectivity index (χ2n) is 16.2. The number of H-pyrrole nitrogens is 1. The highest BCUT2D eigenvalue weighted by Crippen LogP contribution is 2.50. The molecule has 2 aromatic heterocycles. The maximum Gasteiger partial charge on any atom is 0.136 e. The molecule has 308 valence electrons. The van der Waals surface area contributed by atoms with Crippen LogP contribution in [0, 0.1) is 0 Å². The largest absolute Gasteiger partial charge is 0.456 e. The van der Waals surface area contributed by atoms with Gasteiger partial charge in [0.05, 0.1) is 11.0 Å². The fraction of sp³-hybridized carbons (Fsp3) is 0. The first kappa shape index (κ1) is 38.5. The zero-order valence-corrected chi connectivity index (χ0v) is 36.7. The summed E-state index contributed by atoms with van der Waals surface area (Å²) in [5.74, 6) is 3.59. The number of ether oxygens (including phenoxy) is 2. The van der Waals surface area contributed by atoms with E-state index in [-0.39, 0.29) is 0 Å². The lowest BCUT2D eigenvalue weighted by molar-refractivity contribution is 0.488. The number of benzene rings is 10. The monoisotopic (exact) mass is 898 g/mol. The third kappa shape index (κ3) is 6.85. The first-order chi connectivity index (χ1) is 32.2. The van der Waals surface area contributed by atoms with Gasteiger partial charge >= 0.3 is 0 Å². The molecule has 12 aromatic rings. The van der Waals surface area contributed by atoms with Crippen LogP contribution in [0.25, 0.3) is 93.8 Å². The van der Waals surface area contributed by atoms with Crippen molar-refractivity contribution < 1.29 is 9.47 Å². The fourth-order valence-electron chi connectivity index (χ4n) is 9.43. The molecule has 0 amide bonds. The molecule has 10 aromatic carbocycles. The Morgan fingerprint density at radius 2 is 0.769 bits per heavy atom. The number of aromatic amines is 1. The van der Waals surface area contributed by atoms with Crippen molar-refractivity contribution in [3.8, 4) is 73.2 Å². The average molecular weight is 900 g/mol. The molecule has 0 saturated heterocycles. The summed E-state index contributed by atoms with van der Waals surface area (Å²) in [6.45, 7) is 0. The van der Waals surface area contributed by atoms with Crippen LogP contribution < -0.4 is 9.47 Å². The van der Waals surface area contributed by atoms with Crippen LogP contribution in [-0.2, 0) is 0 Å². The molecule has 0 radical (unpaired) electrons. The molecular weight excluding hydrogens is 861 g/mol. The zero-order chi connectivity index (χ0) is 43.3. The molecule has 4 nitrogen and oxygen atoms in total. The number of nitrogens with one attached hydrogen (secondary N) is 1. The molecule has 0 aliphatic carbocycles. The van der Waals surface area contributed by atoms with E-state index in [2.05, 4.69) is 207 Å². The van der Waals surface area contributed by atoms with Crippen LogP contribution in [0.5, 0.6) is 23.0 Å². The smallest absolute Gasteiger partial charge is 0.136 e. The van der Waals surface area contributed by atoms with Gasteiger partial charge in [0.1, 0.15) is 23.0 Å². The van der Waals surface area contributed by atoms with E-state index in [1.807, 2.05) is 48.5 Å². The highest BCUT2D eigenvalue weighted by molar-refractivity contribution is 9.10. The van der Waals surface area contributed by atoms with Crippen molar-refractivity contribution in [2.75, 3.05) is 0 Å². The minimum atomic E-state index is 0.893. The number of rotatable bonds is 1. The van der Waals surface area contributed by atoms with Crippen LogP contribution in [0.3, 0.4) is 0 Å². The van der Waals surface area contributed by atoms with Crippen molar-refractivity contribution in [3.05, 3.63) is 235 Å². The van der Waals surface area contributed by atoms with Gasteiger partial charge in [-0.05, 0) is 95.1 Å². The third-order valence-electron chi connectivity index (χ3n) is 12.4. The lowest BCUT2D eigenvalue weighted by Gasteiger charge is -2.12. The minimum absolute atomic E-state index is 0.893. The Balaban J connectivity index is 0.000000121. The van der Waals surface area contributed by atoms with E-state index >= 15 is 0 Å². The van der Waals surface area contributed by atoms with E-state index in [0.29, 0.717) is 0 Å². The summed E-state index contributed by atoms with van der Waals surface area (Å²) < 4.78 is 16.4. The van der Waals surface area contributed by atoms with E-state index in [1.165, 1.54) is 54.8 Å². The molecule has 5 heteroatoms. The van der Waals surface area contributed by atoms with Crippen LogP contribution in [0.2, 0.25) is 0 Å². The lowest BCUT2D eigenvalue weighted by atomic mass is 9.94. The summed E-state index contributed by atoms with van der Waals surface area (Å²) in [5.41, 5.74) is 15.1. The summed E-state index contributed by atoms with van der Waals surface area (Å²) in [7, 11) is 0. The fourth-order valence-corrected chi connectivity index (χ4v) is 9.74. The molecule has 0 bridgehead atoms. The Morgan fingerprint density at radius 3 is 1.37 bits per heavy atom. The molecule has 4 heterocycles. The average Bonchev–Trinajstić information content (AvgIpc) is 3.79. The first-order valence-electron chi connectivity index (χ1n) is 21.8. The van der Waals surface area contributed by atoms with Gasteiger partial charge in [0.15, 0.2) is 0 Å². The quantitative estimate of drug-likeness (QED) is 0.178. The highest BCUT2D eigenvalue weighted by atomic mass is 79.9. The Bertz CT molecular complexity index is 3740. The summed E-state index contributed by atoms with van der Waals surface area (Å²) in [5, 5.41) is 4.83. The standard InChI is InChI=1S/C30H19NO.C24H15NO.C6H5Br/c1-2-10-20(11-3-1)31-27-16-8-6-14-23(27)25-19-30-26(18-28(25)31)22-13-5-4-12-21(22)24-15-7-9-17-29(24)32-30;1-2-8-16-15(7-1)18-10-4-6-12-23(18)26-24-14-19-17-9-3-5-11-21(17)25-22(19)13-20(16)24;7-6-4-2-1-3-5-6/h1-19H;1-14,25H;1-5H. The molecule has 65 heavy (non-hydrogen) atoms. The maximum atomic E-state index is 6.55. The molecule has 2 aliphatic heterocycles. The lowest BCUT2D eigenvalue weighted by Crippen LogP contribution is -1.94. The van der Waals surface area contributed by atoms with Gasteiger partial charge in [-0.15, -0.1) is 0 Å². The van der Waals surface area contributed by atoms with Crippen molar-refractivity contribution in [3.63, 3.8) is 0 Å². The van der Waals surface area contributed by atoms with Gasteiger partial charge in [-0.2, -0.15) is 0 Å². The normalized spacial score (nSPS) is 11.7. The number of halogens is 1. The molecule has 0 unspecified atom stereocenters. The van der Waals surface area contributed by atoms with Crippen molar-refractivity contribution in [1.29, 1.82) is 0 Å². The predicted molar refractivity (Wildman–Crippen MR) is 273 cm³/mol. The minimum Gasteiger partial charge on any atom is -0.456 e. The number of hydrogen-bond donors (Lipinski definition) is 1. The molecule has 0 spiro atoms. The molecule has 1 N–H and O–H groups in total. The van der Waals surface area contributed by atoms with E-state index in [4.69, 9.17) is 9.47 Å². The van der Waals surface area contributed by atoms with Crippen LogP contribution in [-0.4, -0.2) is 9.55 Å². The highest BCUT2D eigenvalue weighted by Gasteiger charge is 2.24. The number of aromatic nitrogens is 2. The summed E-state index contributed by atoms with van der Waals surface area (Å²) in [4.78, 5) is 3.54. The summed E-state index contributed by atoms with van der Waals surface area (Å²) in [6.07, 6.45) is 0. The maximum absolute atomic E-state index is 6.55. The second kappa shape index (κ2) is 16.2. The number of para-hydroxylation sites is 5. The first-order valence-corrected chi connectivity index (χ1v) is 22.6. The Hall–Kier alpha value is -8.12. The van der Waals surface area contributed by atoms with Gasteiger partial charge in [-0.3, -0.25) is 0 Å². The molecule has 0 atom stereocenters. The predicted octanol–water partition coefficient (Wildman–Crippen LogP) is 17.4. The van der Waals surface area contributed by atoms with E-state index in [9.17, 15) is 0 Å². The van der Waals surface area contributed by atoms with Gasteiger partial charge in [0, 0.05) is 65.0 Å². The van der Waals surface area contributed by atoms with Crippen molar-refractivity contribution in [2.24, 2.45) is 0 Å². The van der Waals surface area contributed by atoms with Gasteiger partial charge in [-0.25, -0.2) is 0 Å². The van der Waals surface area contributed by atoms with Gasteiger partial charge in [0.2, 0.25) is 0 Å². The molecule has 0 saturated carbocycles. The van der Waals surface area contributed by atoms with Crippen molar-refractivity contribution in [2.45, 2.75) is 0 Å². The van der Waals surface area contributed by atoms with E-state index < -0.39 is 0 Å². The second-order valence-corrected chi connectivity index (χ2v) is 17.1. The number of nitrogens with zero attached hydrogens (tertiary/aromatic N) is 1. The van der Waals surface area contributed by atoms with Crippen LogP contribution in [0.4, 0.5) is 0 Å². The third-order valence-corrected chi connectivity index (χ3v) is 12.9. The van der Waals surface area contributed by atoms with Gasteiger partial charge in [0.25, 0.3) is 0 Å². The number of fused-ring (bicyclic) bond motifs is 16.